The highest BCUT2D eigenvalue weighted by molar-refractivity contribution is 5.30. The Morgan fingerprint density at radius 1 is 1.41 bits per heavy atom. The molecule has 1 aliphatic carbocycles. The lowest BCUT2D eigenvalue weighted by atomic mass is 9.71. The highest BCUT2D eigenvalue weighted by Crippen LogP contribution is 2.38. The van der Waals surface area contributed by atoms with Gasteiger partial charge in [0.15, 0.2) is 5.82 Å². The Hall–Kier alpha value is -1.79. The van der Waals surface area contributed by atoms with E-state index in [1.165, 1.54) is 6.33 Å². The molecule has 0 atom stereocenters. The van der Waals surface area contributed by atoms with Crippen LogP contribution < -0.4 is 5.73 Å². The van der Waals surface area contributed by atoms with Gasteiger partial charge in [0.25, 0.3) is 0 Å². The summed E-state index contributed by atoms with van der Waals surface area (Å²) in [4.78, 5) is 8.15. The second-order valence-electron chi connectivity index (χ2n) is 4.46. The van der Waals surface area contributed by atoms with Gasteiger partial charge in [-0.3, -0.25) is 0 Å². The quantitative estimate of drug-likeness (QED) is 0.757. The van der Waals surface area contributed by atoms with Crippen molar-refractivity contribution in [3.05, 3.63) is 36.5 Å². The van der Waals surface area contributed by atoms with E-state index >= 15 is 0 Å². The Kier molecular flexibility index (Phi) is 2.20. The van der Waals surface area contributed by atoms with Crippen LogP contribution in [0.2, 0.25) is 0 Å². The molecule has 0 saturated heterocycles. The molecule has 1 fully saturated rings. The number of pyridine rings is 1. The van der Waals surface area contributed by atoms with E-state index in [2.05, 4.69) is 15.1 Å². The van der Waals surface area contributed by atoms with Crippen molar-refractivity contribution in [1.29, 1.82) is 0 Å². The lowest BCUT2D eigenvalue weighted by molar-refractivity contribution is 0.0208. The summed E-state index contributed by atoms with van der Waals surface area (Å²) in [6.07, 6.45) is 5.70. The molecule has 2 aromatic rings. The molecule has 2 aromatic heterocycles. The van der Waals surface area contributed by atoms with Gasteiger partial charge in [-0.2, -0.15) is 5.10 Å². The van der Waals surface area contributed by atoms with Gasteiger partial charge in [0, 0.05) is 11.7 Å². The number of nitrogens with zero attached hydrogens (tertiary/aromatic N) is 4. The third-order valence-electron chi connectivity index (χ3n) is 3.18. The van der Waals surface area contributed by atoms with E-state index in [4.69, 9.17) is 5.73 Å². The number of aliphatic hydroxyl groups is 1. The summed E-state index contributed by atoms with van der Waals surface area (Å²) in [7, 11) is 0. The lowest BCUT2D eigenvalue weighted by Gasteiger charge is -2.42. The first-order valence-corrected chi connectivity index (χ1v) is 5.46. The molecule has 0 aliphatic heterocycles. The Labute approximate surface area is 98.1 Å². The molecule has 0 bridgehead atoms. The number of hydrogen-bond donors (Lipinski definition) is 2. The van der Waals surface area contributed by atoms with Crippen molar-refractivity contribution in [2.75, 3.05) is 0 Å². The molecule has 88 valence electrons. The minimum atomic E-state index is -0.423. The predicted octanol–water partition coefficient (Wildman–Crippen LogP) is -0.0290. The standard InChI is InChI=1S/C11H13N5O/c12-11(3-9(17)4-11)8-1-2-10(14-5-8)16-7-13-6-15-16/h1-2,5-7,9,17H,3-4,12H2. The van der Waals surface area contributed by atoms with Gasteiger partial charge < -0.3 is 10.8 Å². The number of nitrogens with two attached hydrogens (primary N) is 1. The molecular weight excluding hydrogens is 218 g/mol. The van der Waals surface area contributed by atoms with Crippen LogP contribution in [0.4, 0.5) is 0 Å². The van der Waals surface area contributed by atoms with Gasteiger partial charge in [-0.25, -0.2) is 14.6 Å². The summed E-state index contributed by atoms with van der Waals surface area (Å²) < 4.78 is 1.59. The van der Waals surface area contributed by atoms with Crippen molar-refractivity contribution in [3.8, 4) is 5.82 Å². The fourth-order valence-electron chi connectivity index (χ4n) is 2.16. The Morgan fingerprint density at radius 2 is 2.24 bits per heavy atom. The molecule has 0 unspecified atom stereocenters. The first-order chi connectivity index (χ1) is 8.17. The molecular formula is C11H13N5O. The van der Waals surface area contributed by atoms with Crippen LogP contribution in [0, 0.1) is 0 Å². The first-order valence-electron chi connectivity index (χ1n) is 5.46. The molecule has 17 heavy (non-hydrogen) atoms. The molecule has 0 spiro atoms. The van der Waals surface area contributed by atoms with Crippen molar-refractivity contribution in [3.63, 3.8) is 0 Å². The highest BCUT2D eigenvalue weighted by atomic mass is 16.3. The molecule has 1 saturated carbocycles. The number of hydrogen-bond acceptors (Lipinski definition) is 5. The van der Waals surface area contributed by atoms with E-state index in [9.17, 15) is 5.11 Å². The highest BCUT2D eigenvalue weighted by Gasteiger charge is 2.41. The van der Waals surface area contributed by atoms with Crippen molar-refractivity contribution in [1.82, 2.24) is 19.7 Å². The Morgan fingerprint density at radius 3 is 2.76 bits per heavy atom. The zero-order valence-electron chi connectivity index (χ0n) is 9.19. The predicted molar refractivity (Wildman–Crippen MR) is 60.3 cm³/mol. The average Bonchev–Trinajstić information content (AvgIpc) is 2.81. The molecule has 0 aromatic carbocycles. The Bertz CT molecular complexity index is 501. The van der Waals surface area contributed by atoms with Gasteiger partial charge in [-0.15, -0.1) is 0 Å². The summed E-state index contributed by atoms with van der Waals surface area (Å²) >= 11 is 0. The molecule has 1 aliphatic rings. The fourth-order valence-corrected chi connectivity index (χ4v) is 2.16. The van der Waals surface area contributed by atoms with Crippen LogP contribution in [-0.4, -0.2) is 31.0 Å². The van der Waals surface area contributed by atoms with Gasteiger partial charge in [0.05, 0.1) is 6.10 Å². The summed E-state index contributed by atoms with van der Waals surface area (Å²) in [6, 6.07) is 3.78. The molecule has 6 nitrogen and oxygen atoms in total. The van der Waals surface area contributed by atoms with E-state index < -0.39 is 5.54 Å². The van der Waals surface area contributed by atoms with Crippen LogP contribution in [0.5, 0.6) is 0 Å². The number of aliphatic hydroxyl groups excluding tert-OH is 1. The summed E-state index contributed by atoms with van der Waals surface area (Å²) in [5, 5.41) is 13.3. The van der Waals surface area contributed by atoms with Crippen LogP contribution in [0.15, 0.2) is 31.0 Å². The van der Waals surface area contributed by atoms with E-state index in [0.29, 0.717) is 18.7 Å². The van der Waals surface area contributed by atoms with Crippen LogP contribution in [-0.2, 0) is 5.54 Å². The van der Waals surface area contributed by atoms with Crippen molar-refractivity contribution < 1.29 is 5.11 Å². The number of aromatic nitrogens is 4. The van der Waals surface area contributed by atoms with Gasteiger partial charge in [-0.05, 0) is 24.5 Å². The molecule has 0 amide bonds. The zero-order valence-corrected chi connectivity index (χ0v) is 9.19. The van der Waals surface area contributed by atoms with E-state index in [0.717, 1.165) is 5.56 Å². The second kappa shape index (κ2) is 3.61. The fraction of sp³-hybridized carbons (Fsp3) is 0.364. The zero-order chi connectivity index (χ0) is 11.9. The van der Waals surface area contributed by atoms with Crippen molar-refractivity contribution >= 4 is 0 Å². The maximum atomic E-state index is 9.33. The average molecular weight is 231 g/mol. The summed E-state index contributed by atoms with van der Waals surface area (Å²) in [5.41, 5.74) is 6.68. The molecule has 2 heterocycles. The lowest BCUT2D eigenvalue weighted by Crippen LogP contribution is -2.51. The number of rotatable bonds is 2. The summed E-state index contributed by atoms with van der Waals surface area (Å²) in [5.74, 6) is 0.703. The maximum Gasteiger partial charge on any atom is 0.155 e. The van der Waals surface area contributed by atoms with Crippen LogP contribution in [0.1, 0.15) is 18.4 Å². The molecule has 6 heteroatoms. The van der Waals surface area contributed by atoms with Gasteiger partial charge >= 0.3 is 0 Å². The SMILES string of the molecule is NC1(c2ccc(-n3cncn3)nc2)CC(O)C1. The van der Waals surface area contributed by atoms with Crippen LogP contribution in [0.3, 0.4) is 0 Å². The van der Waals surface area contributed by atoms with E-state index in [-0.39, 0.29) is 6.10 Å². The minimum absolute atomic E-state index is 0.282. The van der Waals surface area contributed by atoms with E-state index in [1.807, 2.05) is 12.1 Å². The molecule has 3 rings (SSSR count). The first kappa shape index (κ1) is 10.4. The molecule has 0 radical (unpaired) electrons. The van der Waals surface area contributed by atoms with Crippen LogP contribution >= 0.6 is 0 Å². The largest absolute Gasteiger partial charge is 0.393 e. The van der Waals surface area contributed by atoms with Gasteiger partial charge in [-0.1, -0.05) is 6.07 Å². The van der Waals surface area contributed by atoms with Crippen molar-refractivity contribution in [2.24, 2.45) is 5.73 Å². The normalized spacial score (nSPS) is 27.8. The second-order valence-corrected chi connectivity index (χ2v) is 4.46. The maximum absolute atomic E-state index is 9.33. The monoisotopic (exact) mass is 231 g/mol. The third kappa shape index (κ3) is 1.71. The van der Waals surface area contributed by atoms with Crippen molar-refractivity contribution in [2.45, 2.75) is 24.5 Å². The van der Waals surface area contributed by atoms with Gasteiger partial charge in [0.2, 0.25) is 0 Å². The van der Waals surface area contributed by atoms with Gasteiger partial charge in [0.1, 0.15) is 12.7 Å². The molecule has 3 N–H and O–H groups in total. The minimum Gasteiger partial charge on any atom is -0.393 e. The van der Waals surface area contributed by atoms with E-state index in [1.54, 1.807) is 17.2 Å². The smallest absolute Gasteiger partial charge is 0.155 e. The summed E-state index contributed by atoms with van der Waals surface area (Å²) in [6.45, 7) is 0. The van der Waals surface area contributed by atoms with Crippen LogP contribution in [0.25, 0.3) is 5.82 Å². The Balaban J connectivity index is 1.86. The topological polar surface area (TPSA) is 89.9 Å². The third-order valence-corrected chi connectivity index (χ3v) is 3.18.